The Morgan fingerprint density at radius 1 is 1.24 bits per heavy atom. The van der Waals surface area contributed by atoms with Gasteiger partial charge in [0.1, 0.15) is 0 Å². The van der Waals surface area contributed by atoms with E-state index in [1.807, 2.05) is 12.4 Å². The van der Waals surface area contributed by atoms with E-state index in [9.17, 15) is 0 Å². The molecular weight excluding hydrogens is 228 g/mol. The van der Waals surface area contributed by atoms with Crippen LogP contribution in [-0.2, 0) is 6.42 Å². The summed E-state index contributed by atoms with van der Waals surface area (Å²) in [5.74, 6) is 0. The maximum Gasteiger partial charge on any atom is 0.194 e. The van der Waals surface area contributed by atoms with E-state index in [1.165, 1.54) is 21.7 Å². The predicted octanol–water partition coefficient (Wildman–Crippen LogP) is 3.93. The highest BCUT2D eigenvalue weighted by Gasteiger charge is 2.12. The first-order chi connectivity index (χ1) is 8.29. The van der Waals surface area contributed by atoms with Crippen molar-refractivity contribution < 1.29 is 0 Å². The minimum Gasteiger partial charge on any atom is -0.290 e. The Labute approximate surface area is 105 Å². The van der Waals surface area contributed by atoms with E-state index < -0.39 is 0 Å². The van der Waals surface area contributed by atoms with Crippen molar-refractivity contribution >= 4 is 16.3 Å². The van der Waals surface area contributed by atoms with E-state index in [-0.39, 0.29) is 0 Å². The molecule has 0 bridgehead atoms. The molecule has 0 saturated heterocycles. The number of aryl methyl sites for hydroxylation is 2. The van der Waals surface area contributed by atoms with Crippen LogP contribution < -0.4 is 0 Å². The summed E-state index contributed by atoms with van der Waals surface area (Å²) in [7, 11) is 0. The molecule has 3 heteroatoms. The largest absolute Gasteiger partial charge is 0.290 e. The summed E-state index contributed by atoms with van der Waals surface area (Å²) in [6.07, 6.45) is 4.96. The standard InChI is InChI=1S/C14H14N2S/c1-3-12-13(11-6-4-10(2)5-7-11)16-9-8-15-14(16)17-12/h4-9H,3H2,1-2H3. The Morgan fingerprint density at radius 3 is 2.71 bits per heavy atom. The van der Waals surface area contributed by atoms with Gasteiger partial charge in [-0.05, 0) is 18.9 Å². The summed E-state index contributed by atoms with van der Waals surface area (Å²) >= 11 is 1.78. The van der Waals surface area contributed by atoms with Crippen molar-refractivity contribution in [3.63, 3.8) is 0 Å². The van der Waals surface area contributed by atoms with Crippen LogP contribution in [0.1, 0.15) is 17.4 Å². The third-order valence-corrected chi connectivity index (χ3v) is 4.19. The summed E-state index contributed by atoms with van der Waals surface area (Å²) in [5, 5.41) is 0. The molecule has 2 aromatic heterocycles. The van der Waals surface area contributed by atoms with Gasteiger partial charge < -0.3 is 0 Å². The lowest BCUT2D eigenvalue weighted by atomic mass is 10.1. The fraction of sp³-hybridized carbons (Fsp3) is 0.214. The first-order valence-corrected chi connectivity index (χ1v) is 6.63. The lowest BCUT2D eigenvalue weighted by Crippen LogP contribution is -1.88. The van der Waals surface area contributed by atoms with Crippen LogP contribution in [0.15, 0.2) is 36.7 Å². The zero-order valence-electron chi connectivity index (χ0n) is 9.97. The first kappa shape index (κ1) is 10.5. The van der Waals surface area contributed by atoms with Gasteiger partial charge >= 0.3 is 0 Å². The molecule has 0 aliphatic heterocycles. The molecule has 0 aliphatic carbocycles. The summed E-state index contributed by atoms with van der Waals surface area (Å²) in [6.45, 7) is 4.31. The minimum atomic E-state index is 1.05. The lowest BCUT2D eigenvalue weighted by Gasteiger charge is -2.03. The highest BCUT2D eigenvalue weighted by molar-refractivity contribution is 7.17. The van der Waals surface area contributed by atoms with Gasteiger partial charge in [0, 0.05) is 17.3 Å². The molecule has 0 aliphatic rings. The molecule has 0 fully saturated rings. The summed E-state index contributed by atoms with van der Waals surface area (Å²) in [5.41, 5.74) is 3.87. The maximum atomic E-state index is 4.37. The summed E-state index contributed by atoms with van der Waals surface area (Å²) < 4.78 is 2.19. The van der Waals surface area contributed by atoms with Gasteiger partial charge in [0.25, 0.3) is 0 Å². The number of hydrogen-bond acceptors (Lipinski definition) is 2. The normalized spacial score (nSPS) is 11.2. The van der Waals surface area contributed by atoms with Gasteiger partial charge in [-0.2, -0.15) is 0 Å². The van der Waals surface area contributed by atoms with Gasteiger partial charge in [0.2, 0.25) is 0 Å². The number of benzene rings is 1. The van der Waals surface area contributed by atoms with Crippen LogP contribution in [0.25, 0.3) is 16.2 Å². The molecule has 1 aromatic carbocycles. The fourth-order valence-corrected chi connectivity index (χ4v) is 3.12. The van der Waals surface area contributed by atoms with Gasteiger partial charge in [-0.3, -0.25) is 4.40 Å². The Balaban J connectivity index is 2.26. The average molecular weight is 242 g/mol. The van der Waals surface area contributed by atoms with Gasteiger partial charge in [-0.15, -0.1) is 11.3 Å². The average Bonchev–Trinajstić information content (AvgIpc) is 2.89. The van der Waals surface area contributed by atoms with E-state index in [2.05, 4.69) is 47.5 Å². The highest BCUT2D eigenvalue weighted by atomic mass is 32.1. The summed E-state index contributed by atoms with van der Waals surface area (Å²) in [6, 6.07) is 8.70. The molecule has 17 heavy (non-hydrogen) atoms. The summed E-state index contributed by atoms with van der Waals surface area (Å²) in [4.78, 5) is 6.85. The number of hydrogen-bond donors (Lipinski definition) is 0. The number of thiazole rings is 1. The fourth-order valence-electron chi connectivity index (χ4n) is 2.08. The second kappa shape index (κ2) is 4.00. The topological polar surface area (TPSA) is 17.3 Å². The Morgan fingerprint density at radius 2 is 2.00 bits per heavy atom. The number of nitrogens with zero attached hydrogens (tertiary/aromatic N) is 2. The van der Waals surface area contributed by atoms with Crippen molar-refractivity contribution in [1.82, 2.24) is 9.38 Å². The second-order valence-corrected chi connectivity index (χ2v) is 5.24. The predicted molar refractivity (Wildman–Crippen MR) is 72.6 cm³/mol. The van der Waals surface area contributed by atoms with E-state index in [0.29, 0.717) is 0 Å². The molecule has 86 valence electrons. The van der Waals surface area contributed by atoms with Crippen LogP contribution in [0.4, 0.5) is 0 Å². The molecule has 0 radical (unpaired) electrons. The van der Waals surface area contributed by atoms with Gasteiger partial charge in [0.15, 0.2) is 4.96 Å². The van der Waals surface area contributed by atoms with Crippen LogP contribution in [0.3, 0.4) is 0 Å². The quantitative estimate of drug-likeness (QED) is 0.665. The SMILES string of the molecule is CCc1sc2nccn2c1-c1ccc(C)cc1. The smallest absolute Gasteiger partial charge is 0.194 e. The molecule has 0 spiro atoms. The van der Waals surface area contributed by atoms with E-state index in [1.54, 1.807) is 11.3 Å². The Kier molecular flexibility index (Phi) is 2.48. The Hall–Kier alpha value is -1.61. The van der Waals surface area contributed by atoms with Crippen LogP contribution in [0.2, 0.25) is 0 Å². The molecule has 0 N–H and O–H groups in total. The molecule has 0 atom stereocenters. The zero-order chi connectivity index (χ0) is 11.8. The van der Waals surface area contributed by atoms with Crippen molar-refractivity contribution in [1.29, 1.82) is 0 Å². The maximum absolute atomic E-state index is 4.37. The minimum absolute atomic E-state index is 1.05. The molecule has 0 saturated carbocycles. The van der Waals surface area contributed by atoms with Crippen molar-refractivity contribution in [2.75, 3.05) is 0 Å². The molecule has 0 amide bonds. The van der Waals surface area contributed by atoms with Gasteiger partial charge in [-0.25, -0.2) is 4.98 Å². The number of aromatic nitrogens is 2. The van der Waals surface area contributed by atoms with Crippen molar-refractivity contribution in [3.8, 4) is 11.3 Å². The number of imidazole rings is 1. The van der Waals surface area contributed by atoms with Crippen LogP contribution in [-0.4, -0.2) is 9.38 Å². The molecule has 2 nitrogen and oxygen atoms in total. The molecule has 3 rings (SSSR count). The van der Waals surface area contributed by atoms with Crippen LogP contribution >= 0.6 is 11.3 Å². The number of fused-ring (bicyclic) bond motifs is 1. The molecular formula is C14H14N2S. The van der Waals surface area contributed by atoms with Crippen molar-refractivity contribution in [2.24, 2.45) is 0 Å². The Bertz CT molecular complexity index is 646. The van der Waals surface area contributed by atoms with Crippen molar-refractivity contribution in [2.45, 2.75) is 20.3 Å². The first-order valence-electron chi connectivity index (χ1n) is 5.81. The van der Waals surface area contributed by atoms with Gasteiger partial charge in [0.05, 0.1) is 5.69 Å². The van der Waals surface area contributed by atoms with Gasteiger partial charge in [-0.1, -0.05) is 36.8 Å². The van der Waals surface area contributed by atoms with E-state index in [0.717, 1.165) is 11.4 Å². The second-order valence-electron chi connectivity index (χ2n) is 4.17. The van der Waals surface area contributed by atoms with E-state index >= 15 is 0 Å². The third kappa shape index (κ3) is 1.67. The number of rotatable bonds is 2. The highest BCUT2D eigenvalue weighted by Crippen LogP contribution is 2.31. The van der Waals surface area contributed by atoms with Crippen LogP contribution in [0.5, 0.6) is 0 Å². The third-order valence-electron chi connectivity index (χ3n) is 2.97. The van der Waals surface area contributed by atoms with Crippen molar-refractivity contribution in [3.05, 3.63) is 47.1 Å². The van der Waals surface area contributed by atoms with E-state index in [4.69, 9.17) is 0 Å². The molecule has 0 unspecified atom stereocenters. The molecule has 3 aromatic rings. The monoisotopic (exact) mass is 242 g/mol. The molecule has 2 heterocycles. The van der Waals surface area contributed by atoms with Crippen LogP contribution in [0, 0.1) is 6.92 Å². The lowest BCUT2D eigenvalue weighted by molar-refractivity contribution is 1.14. The zero-order valence-corrected chi connectivity index (χ0v) is 10.8.